The van der Waals surface area contributed by atoms with Crippen molar-refractivity contribution in [2.75, 3.05) is 0 Å². The van der Waals surface area contributed by atoms with Gasteiger partial charge in [-0.05, 0) is 20.3 Å². The smallest absolute Gasteiger partial charge is 0.381 e. The second-order valence-corrected chi connectivity index (χ2v) is 7.08. The van der Waals surface area contributed by atoms with Crippen LogP contribution < -0.4 is 0 Å². The Hall–Kier alpha value is -0.970. The third-order valence-electron chi connectivity index (χ3n) is 4.16. The first-order valence-electron chi connectivity index (χ1n) is 9.24. The standard InChI is InChI=1S/C20H36O2/c1-4-5-6-7-8-9-10-11-12-13-14-15-17-20(2,3)18-16-19(21)22/h4-15,17H2,1-3H3,(H,21,22). The monoisotopic (exact) mass is 308 g/mol. The molecule has 0 aromatic carbocycles. The lowest BCUT2D eigenvalue weighted by Crippen LogP contribution is -2.08. The lowest BCUT2D eigenvalue weighted by atomic mass is 9.87. The highest BCUT2D eigenvalue weighted by atomic mass is 16.4. The number of unbranched alkanes of at least 4 members (excludes halogenated alkanes) is 11. The van der Waals surface area contributed by atoms with Gasteiger partial charge in [0, 0.05) is 11.3 Å². The van der Waals surface area contributed by atoms with E-state index in [1.54, 1.807) is 0 Å². The normalized spacial score (nSPS) is 11.0. The third-order valence-corrected chi connectivity index (χ3v) is 4.16. The molecule has 0 aromatic rings. The summed E-state index contributed by atoms with van der Waals surface area (Å²) in [6.07, 6.45) is 17.2. The van der Waals surface area contributed by atoms with Gasteiger partial charge in [-0.15, -0.1) is 0 Å². The summed E-state index contributed by atoms with van der Waals surface area (Å²) in [5.74, 6) is 4.07. The van der Waals surface area contributed by atoms with Crippen LogP contribution in [0, 0.1) is 17.3 Å². The molecule has 0 atom stereocenters. The van der Waals surface area contributed by atoms with Crippen molar-refractivity contribution in [2.24, 2.45) is 5.41 Å². The number of carbonyl (C=O) groups is 1. The van der Waals surface area contributed by atoms with E-state index in [0.717, 1.165) is 12.8 Å². The van der Waals surface area contributed by atoms with Crippen LogP contribution in [0.1, 0.15) is 104 Å². The van der Waals surface area contributed by atoms with Crippen LogP contribution in [-0.4, -0.2) is 11.1 Å². The second kappa shape index (κ2) is 13.7. The molecular weight excluding hydrogens is 272 g/mol. The van der Waals surface area contributed by atoms with Crippen molar-refractivity contribution in [3.8, 4) is 11.8 Å². The zero-order valence-electron chi connectivity index (χ0n) is 15.0. The fraction of sp³-hybridized carbons (Fsp3) is 0.850. The van der Waals surface area contributed by atoms with E-state index >= 15 is 0 Å². The molecule has 128 valence electrons. The van der Waals surface area contributed by atoms with Gasteiger partial charge < -0.3 is 5.11 Å². The van der Waals surface area contributed by atoms with Crippen molar-refractivity contribution in [1.82, 2.24) is 0 Å². The molecule has 0 radical (unpaired) electrons. The third kappa shape index (κ3) is 15.4. The lowest BCUT2D eigenvalue weighted by Gasteiger charge is -2.16. The first kappa shape index (κ1) is 21.0. The van der Waals surface area contributed by atoms with Crippen LogP contribution >= 0.6 is 0 Å². The van der Waals surface area contributed by atoms with Crippen LogP contribution in [0.3, 0.4) is 0 Å². The Morgan fingerprint density at radius 1 is 0.818 bits per heavy atom. The summed E-state index contributed by atoms with van der Waals surface area (Å²) >= 11 is 0. The maximum absolute atomic E-state index is 10.4. The first-order chi connectivity index (χ1) is 10.5. The van der Waals surface area contributed by atoms with Crippen LogP contribution in [0.4, 0.5) is 0 Å². The molecule has 2 heteroatoms. The van der Waals surface area contributed by atoms with Gasteiger partial charge in [0.1, 0.15) is 0 Å². The van der Waals surface area contributed by atoms with E-state index < -0.39 is 5.97 Å². The zero-order chi connectivity index (χ0) is 16.7. The molecule has 0 aromatic heterocycles. The Labute approximate surface area is 138 Å². The minimum atomic E-state index is -1.03. The predicted molar refractivity (Wildman–Crippen MR) is 94.9 cm³/mol. The molecule has 22 heavy (non-hydrogen) atoms. The molecule has 0 rings (SSSR count). The molecule has 0 amide bonds. The summed E-state index contributed by atoms with van der Waals surface area (Å²) in [5.41, 5.74) is -0.170. The van der Waals surface area contributed by atoms with E-state index in [1.165, 1.54) is 70.6 Å². The summed E-state index contributed by atoms with van der Waals surface area (Å²) < 4.78 is 0. The van der Waals surface area contributed by atoms with E-state index in [1.807, 2.05) is 13.8 Å². The highest BCUT2D eigenvalue weighted by Crippen LogP contribution is 2.23. The van der Waals surface area contributed by atoms with E-state index in [9.17, 15) is 4.79 Å². The molecule has 0 aliphatic rings. The molecular formula is C20H36O2. The Morgan fingerprint density at radius 2 is 1.23 bits per heavy atom. The van der Waals surface area contributed by atoms with E-state index in [0.29, 0.717) is 0 Å². The Morgan fingerprint density at radius 3 is 1.64 bits per heavy atom. The summed E-state index contributed by atoms with van der Waals surface area (Å²) in [4.78, 5) is 10.4. The van der Waals surface area contributed by atoms with Crippen LogP contribution in [0.5, 0.6) is 0 Å². The predicted octanol–water partition coefficient (Wildman–Crippen LogP) is 6.19. The van der Waals surface area contributed by atoms with Gasteiger partial charge in [-0.3, -0.25) is 0 Å². The number of hydrogen-bond donors (Lipinski definition) is 1. The average molecular weight is 309 g/mol. The fourth-order valence-electron chi connectivity index (χ4n) is 2.69. The zero-order valence-corrected chi connectivity index (χ0v) is 15.0. The maximum atomic E-state index is 10.4. The van der Waals surface area contributed by atoms with Crippen LogP contribution in [-0.2, 0) is 4.79 Å². The second-order valence-electron chi connectivity index (χ2n) is 7.08. The van der Waals surface area contributed by atoms with Gasteiger partial charge in [-0.2, -0.15) is 0 Å². The highest BCUT2D eigenvalue weighted by Gasteiger charge is 2.13. The van der Waals surface area contributed by atoms with Crippen molar-refractivity contribution in [1.29, 1.82) is 0 Å². The van der Waals surface area contributed by atoms with E-state index in [2.05, 4.69) is 18.8 Å². The number of carboxylic acids is 1. The summed E-state index contributed by atoms with van der Waals surface area (Å²) in [6.45, 7) is 6.32. The van der Waals surface area contributed by atoms with Gasteiger partial charge in [0.25, 0.3) is 0 Å². The SMILES string of the molecule is CCCCCCCCCCCCCCC(C)(C)C#CC(=O)O. The van der Waals surface area contributed by atoms with Gasteiger partial charge in [0.15, 0.2) is 0 Å². The quantitative estimate of drug-likeness (QED) is 0.325. The van der Waals surface area contributed by atoms with Crippen LogP contribution in [0.25, 0.3) is 0 Å². The Balaban J connectivity index is 3.37. The lowest BCUT2D eigenvalue weighted by molar-refractivity contribution is -0.130. The molecule has 1 N–H and O–H groups in total. The average Bonchev–Trinajstić information content (AvgIpc) is 2.46. The molecule has 0 saturated heterocycles. The molecule has 0 saturated carbocycles. The van der Waals surface area contributed by atoms with Crippen LogP contribution in [0.2, 0.25) is 0 Å². The highest BCUT2D eigenvalue weighted by molar-refractivity contribution is 5.86. The topological polar surface area (TPSA) is 37.3 Å². The van der Waals surface area contributed by atoms with Crippen molar-refractivity contribution < 1.29 is 9.90 Å². The van der Waals surface area contributed by atoms with E-state index in [-0.39, 0.29) is 5.41 Å². The molecule has 0 heterocycles. The molecule has 0 unspecified atom stereocenters. The number of carboxylic acid groups (broad SMARTS) is 1. The number of aliphatic carboxylic acids is 1. The maximum Gasteiger partial charge on any atom is 0.381 e. The summed E-state index contributed by atoms with van der Waals surface area (Å²) in [7, 11) is 0. The van der Waals surface area contributed by atoms with E-state index in [4.69, 9.17) is 5.11 Å². The van der Waals surface area contributed by atoms with Crippen molar-refractivity contribution in [2.45, 2.75) is 104 Å². The van der Waals surface area contributed by atoms with Gasteiger partial charge in [0.2, 0.25) is 0 Å². The molecule has 0 spiro atoms. The van der Waals surface area contributed by atoms with Gasteiger partial charge in [-0.25, -0.2) is 4.79 Å². The van der Waals surface area contributed by atoms with Crippen molar-refractivity contribution in [3.63, 3.8) is 0 Å². The van der Waals surface area contributed by atoms with Crippen LogP contribution in [0.15, 0.2) is 0 Å². The van der Waals surface area contributed by atoms with Gasteiger partial charge >= 0.3 is 5.97 Å². The summed E-state index contributed by atoms with van der Waals surface area (Å²) in [6, 6.07) is 0. The van der Waals surface area contributed by atoms with Gasteiger partial charge in [-0.1, -0.05) is 89.9 Å². The molecule has 2 nitrogen and oxygen atoms in total. The first-order valence-corrected chi connectivity index (χ1v) is 9.24. The molecule has 0 bridgehead atoms. The molecule has 0 aliphatic heterocycles. The number of hydrogen-bond acceptors (Lipinski definition) is 1. The summed E-state index contributed by atoms with van der Waals surface area (Å²) in [5, 5.41) is 8.58. The Kier molecular flexibility index (Phi) is 13.1. The largest absolute Gasteiger partial charge is 0.472 e. The minimum Gasteiger partial charge on any atom is -0.472 e. The fourth-order valence-corrected chi connectivity index (χ4v) is 2.69. The number of rotatable bonds is 13. The van der Waals surface area contributed by atoms with Crippen molar-refractivity contribution in [3.05, 3.63) is 0 Å². The van der Waals surface area contributed by atoms with Gasteiger partial charge in [0.05, 0.1) is 0 Å². The van der Waals surface area contributed by atoms with Crippen molar-refractivity contribution >= 4 is 5.97 Å². The molecule has 0 fully saturated rings. The Bertz CT molecular complexity index is 333. The molecule has 0 aliphatic carbocycles. The minimum absolute atomic E-state index is 0.170.